The average Bonchev–Trinajstić information content (AvgIpc) is 2.84. The van der Waals surface area contributed by atoms with Gasteiger partial charge in [-0.25, -0.2) is 0 Å². The van der Waals surface area contributed by atoms with Crippen molar-refractivity contribution in [1.82, 2.24) is 0 Å². The Bertz CT molecular complexity index is 278. The predicted octanol–water partition coefficient (Wildman–Crippen LogP) is 4.13. The molecule has 84 valence electrons. The highest BCUT2D eigenvalue weighted by atomic mass is 14.5. The molecule has 3 rings (SSSR count). The Kier molecular flexibility index (Phi) is 2.23. The van der Waals surface area contributed by atoms with Crippen molar-refractivity contribution in [3.05, 3.63) is 12.2 Å². The van der Waals surface area contributed by atoms with E-state index in [4.69, 9.17) is 0 Å². The van der Waals surface area contributed by atoms with Crippen molar-refractivity contribution in [3.63, 3.8) is 0 Å². The lowest BCUT2D eigenvalue weighted by molar-refractivity contribution is 0.197. The Labute approximate surface area is 94.1 Å². The molecule has 3 aliphatic carbocycles. The Balaban J connectivity index is 1.77. The van der Waals surface area contributed by atoms with Crippen LogP contribution in [0.2, 0.25) is 0 Å². The van der Waals surface area contributed by atoms with E-state index < -0.39 is 0 Å². The zero-order valence-corrected chi connectivity index (χ0v) is 10.3. The van der Waals surface area contributed by atoms with E-state index in [0.717, 1.165) is 41.4 Å². The van der Waals surface area contributed by atoms with Crippen molar-refractivity contribution in [2.24, 2.45) is 41.4 Å². The van der Waals surface area contributed by atoms with Gasteiger partial charge in [0.05, 0.1) is 0 Å². The van der Waals surface area contributed by atoms with E-state index in [2.05, 4.69) is 32.9 Å². The van der Waals surface area contributed by atoms with E-state index in [9.17, 15) is 0 Å². The van der Waals surface area contributed by atoms with Crippen LogP contribution < -0.4 is 0 Å². The SMILES string of the molecule is CC1C=CC(C2CC3CCC2C3C)C1C. The lowest BCUT2D eigenvalue weighted by atomic mass is 9.74. The Morgan fingerprint density at radius 2 is 1.67 bits per heavy atom. The number of allylic oxidation sites excluding steroid dienone is 2. The fourth-order valence-corrected chi connectivity index (χ4v) is 4.72. The zero-order valence-electron chi connectivity index (χ0n) is 10.3. The third-order valence-electron chi connectivity index (χ3n) is 5.98. The van der Waals surface area contributed by atoms with E-state index in [1.54, 1.807) is 0 Å². The highest BCUT2D eigenvalue weighted by Gasteiger charge is 2.49. The molecule has 2 saturated carbocycles. The molecule has 0 N–H and O–H groups in total. The summed E-state index contributed by atoms with van der Waals surface area (Å²) in [7, 11) is 0. The van der Waals surface area contributed by atoms with Crippen LogP contribution in [0.25, 0.3) is 0 Å². The van der Waals surface area contributed by atoms with Crippen LogP contribution in [0.1, 0.15) is 40.0 Å². The van der Waals surface area contributed by atoms with Gasteiger partial charge in [-0.2, -0.15) is 0 Å². The molecule has 0 saturated heterocycles. The summed E-state index contributed by atoms with van der Waals surface area (Å²) >= 11 is 0. The van der Waals surface area contributed by atoms with Crippen molar-refractivity contribution in [1.29, 1.82) is 0 Å². The topological polar surface area (TPSA) is 0 Å². The molecule has 0 radical (unpaired) electrons. The summed E-state index contributed by atoms with van der Waals surface area (Å²) in [6.45, 7) is 7.36. The number of rotatable bonds is 1. The van der Waals surface area contributed by atoms with Gasteiger partial charge < -0.3 is 0 Å². The van der Waals surface area contributed by atoms with Crippen molar-refractivity contribution < 1.29 is 0 Å². The summed E-state index contributed by atoms with van der Waals surface area (Å²) in [5.41, 5.74) is 0. The maximum Gasteiger partial charge on any atom is -0.0171 e. The van der Waals surface area contributed by atoms with Crippen LogP contribution >= 0.6 is 0 Å². The van der Waals surface area contributed by atoms with E-state index in [0.29, 0.717) is 0 Å². The van der Waals surface area contributed by atoms with Gasteiger partial charge in [0.2, 0.25) is 0 Å². The van der Waals surface area contributed by atoms with E-state index >= 15 is 0 Å². The van der Waals surface area contributed by atoms with Gasteiger partial charge in [0.15, 0.2) is 0 Å². The first kappa shape index (κ1) is 9.93. The van der Waals surface area contributed by atoms with Gasteiger partial charge in [0.25, 0.3) is 0 Å². The summed E-state index contributed by atoms with van der Waals surface area (Å²) < 4.78 is 0. The number of hydrogen-bond donors (Lipinski definition) is 0. The summed E-state index contributed by atoms with van der Waals surface area (Å²) in [6.07, 6.45) is 9.61. The van der Waals surface area contributed by atoms with Gasteiger partial charge in [0, 0.05) is 0 Å². The van der Waals surface area contributed by atoms with Gasteiger partial charge >= 0.3 is 0 Å². The lowest BCUT2D eigenvalue weighted by Crippen LogP contribution is -2.25. The van der Waals surface area contributed by atoms with Crippen LogP contribution in [-0.4, -0.2) is 0 Å². The fourth-order valence-electron chi connectivity index (χ4n) is 4.72. The highest BCUT2D eigenvalue weighted by Crippen LogP contribution is 2.57. The van der Waals surface area contributed by atoms with Crippen LogP contribution in [0.4, 0.5) is 0 Å². The van der Waals surface area contributed by atoms with Gasteiger partial charge in [-0.15, -0.1) is 0 Å². The average molecular weight is 204 g/mol. The molecule has 0 spiro atoms. The molecule has 0 aromatic heterocycles. The lowest BCUT2D eigenvalue weighted by Gasteiger charge is -2.31. The fraction of sp³-hybridized carbons (Fsp3) is 0.867. The molecular weight excluding hydrogens is 180 g/mol. The third-order valence-corrected chi connectivity index (χ3v) is 5.98. The number of hydrogen-bond acceptors (Lipinski definition) is 0. The van der Waals surface area contributed by atoms with Crippen LogP contribution in [0, 0.1) is 41.4 Å². The second-order valence-electron chi connectivity index (χ2n) is 6.44. The first-order valence-electron chi connectivity index (χ1n) is 6.87. The van der Waals surface area contributed by atoms with Gasteiger partial charge in [-0.1, -0.05) is 32.9 Å². The molecule has 0 heterocycles. The first-order chi connectivity index (χ1) is 7.18. The van der Waals surface area contributed by atoms with Crippen LogP contribution in [0.5, 0.6) is 0 Å². The Morgan fingerprint density at radius 3 is 2.13 bits per heavy atom. The molecule has 2 bridgehead atoms. The molecule has 15 heavy (non-hydrogen) atoms. The van der Waals surface area contributed by atoms with Crippen LogP contribution in [-0.2, 0) is 0 Å². The molecule has 7 unspecified atom stereocenters. The summed E-state index contributed by atoms with van der Waals surface area (Å²) in [5, 5.41) is 0. The minimum atomic E-state index is 0.824. The Hall–Kier alpha value is -0.260. The molecule has 0 aromatic rings. The third kappa shape index (κ3) is 1.33. The van der Waals surface area contributed by atoms with E-state index in [1.807, 2.05) is 0 Å². The van der Waals surface area contributed by atoms with Gasteiger partial charge in [-0.05, 0) is 60.7 Å². The zero-order chi connectivity index (χ0) is 10.6. The molecule has 3 aliphatic rings. The molecule has 0 nitrogen and oxygen atoms in total. The quantitative estimate of drug-likeness (QED) is 0.563. The van der Waals surface area contributed by atoms with Crippen molar-refractivity contribution in [3.8, 4) is 0 Å². The van der Waals surface area contributed by atoms with Crippen molar-refractivity contribution in [2.75, 3.05) is 0 Å². The second-order valence-corrected chi connectivity index (χ2v) is 6.44. The summed E-state index contributed by atoms with van der Waals surface area (Å²) in [4.78, 5) is 0. The summed E-state index contributed by atoms with van der Waals surface area (Å²) in [5.74, 6) is 6.86. The van der Waals surface area contributed by atoms with E-state index in [-0.39, 0.29) is 0 Å². The predicted molar refractivity (Wildman–Crippen MR) is 64.4 cm³/mol. The molecule has 0 aromatic carbocycles. The standard InChI is InChI=1S/C15H24/c1-9-4-6-13(10(9)2)15-8-12-5-7-14(15)11(12)3/h4,6,9-15H,5,7-8H2,1-3H3. The Morgan fingerprint density at radius 1 is 0.867 bits per heavy atom. The van der Waals surface area contributed by atoms with Crippen molar-refractivity contribution >= 4 is 0 Å². The highest BCUT2D eigenvalue weighted by molar-refractivity contribution is 5.10. The largest absolute Gasteiger partial charge is 0.0851 e. The summed E-state index contributed by atoms with van der Waals surface area (Å²) in [6, 6.07) is 0. The maximum absolute atomic E-state index is 2.55. The molecule has 2 fully saturated rings. The molecule has 0 heteroatoms. The molecule has 7 atom stereocenters. The minimum Gasteiger partial charge on any atom is -0.0851 e. The maximum atomic E-state index is 2.55. The normalized spacial score (nSPS) is 57.9. The molecule has 0 aliphatic heterocycles. The molecular formula is C15H24. The first-order valence-corrected chi connectivity index (χ1v) is 6.87. The van der Waals surface area contributed by atoms with Crippen LogP contribution in [0.15, 0.2) is 12.2 Å². The molecule has 0 amide bonds. The van der Waals surface area contributed by atoms with Gasteiger partial charge in [0.1, 0.15) is 0 Å². The van der Waals surface area contributed by atoms with Crippen molar-refractivity contribution in [2.45, 2.75) is 40.0 Å². The second kappa shape index (κ2) is 3.37. The monoisotopic (exact) mass is 204 g/mol. The minimum absolute atomic E-state index is 0.824. The van der Waals surface area contributed by atoms with Crippen LogP contribution in [0.3, 0.4) is 0 Å². The van der Waals surface area contributed by atoms with E-state index in [1.165, 1.54) is 19.3 Å². The van der Waals surface area contributed by atoms with Gasteiger partial charge in [-0.3, -0.25) is 0 Å². The number of fused-ring (bicyclic) bond motifs is 2. The smallest absolute Gasteiger partial charge is 0.0171 e.